The highest BCUT2D eigenvalue weighted by Crippen LogP contribution is 2.27. The monoisotopic (exact) mass is 282 g/mol. The number of hydrogen-bond donors (Lipinski definition) is 1. The molecule has 0 spiro atoms. The lowest BCUT2D eigenvalue weighted by Gasteiger charge is -2.08. The van der Waals surface area contributed by atoms with E-state index >= 15 is 0 Å². The van der Waals surface area contributed by atoms with Crippen LogP contribution in [0.25, 0.3) is 0 Å². The number of nitro benzene ring substituents is 1. The van der Waals surface area contributed by atoms with Gasteiger partial charge in [0.2, 0.25) is 0 Å². The fourth-order valence-electron chi connectivity index (χ4n) is 1.64. The molecule has 0 bridgehead atoms. The van der Waals surface area contributed by atoms with Gasteiger partial charge in [-0.1, -0.05) is 26.8 Å². The third kappa shape index (κ3) is 5.51. The third-order valence-corrected chi connectivity index (χ3v) is 3.98. The van der Waals surface area contributed by atoms with E-state index in [9.17, 15) is 10.1 Å². The smallest absolute Gasteiger partial charge is 0.292 e. The van der Waals surface area contributed by atoms with Crippen LogP contribution in [-0.4, -0.2) is 17.2 Å². The largest absolute Gasteiger partial charge is 0.380 e. The first-order valence-corrected chi connectivity index (χ1v) is 7.79. The van der Waals surface area contributed by atoms with Crippen LogP contribution in [-0.2, 0) is 5.75 Å². The number of nitrogens with one attached hydrogen (secondary N) is 1. The van der Waals surface area contributed by atoms with Crippen molar-refractivity contribution in [2.45, 2.75) is 32.9 Å². The topological polar surface area (TPSA) is 55.2 Å². The van der Waals surface area contributed by atoms with Crippen molar-refractivity contribution in [1.82, 2.24) is 0 Å². The fourth-order valence-corrected chi connectivity index (χ4v) is 2.64. The van der Waals surface area contributed by atoms with E-state index in [2.05, 4.69) is 19.2 Å². The highest BCUT2D eigenvalue weighted by atomic mass is 32.2. The molecule has 1 N–H and O–H groups in total. The molecule has 0 atom stereocenters. The number of thioether (sulfide) groups is 1. The average Bonchev–Trinajstić information content (AvgIpc) is 2.36. The highest BCUT2D eigenvalue weighted by Gasteiger charge is 2.14. The average molecular weight is 282 g/mol. The van der Waals surface area contributed by atoms with Gasteiger partial charge in [0.1, 0.15) is 5.69 Å². The first kappa shape index (κ1) is 15.8. The lowest BCUT2D eigenvalue weighted by molar-refractivity contribution is -0.384. The van der Waals surface area contributed by atoms with Crippen molar-refractivity contribution >= 4 is 23.1 Å². The zero-order valence-electron chi connectivity index (χ0n) is 11.8. The second-order valence-corrected chi connectivity index (χ2v) is 5.97. The molecule has 106 valence electrons. The maximum Gasteiger partial charge on any atom is 0.292 e. The molecular formula is C14H22N2O2S. The molecule has 0 unspecified atom stereocenters. The zero-order chi connectivity index (χ0) is 14.3. The van der Waals surface area contributed by atoms with E-state index in [1.807, 2.05) is 30.8 Å². The minimum atomic E-state index is -0.311. The Morgan fingerprint density at radius 3 is 2.74 bits per heavy atom. The van der Waals surface area contributed by atoms with Crippen LogP contribution >= 0.6 is 11.8 Å². The van der Waals surface area contributed by atoms with Gasteiger partial charge in [-0.2, -0.15) is 11.8 Å². The van der Waals surface area contributed by atoms with Gasteiger partial charge in [0.15, 0.2) is 0 Å². The van der Waals surface area contributed by atoms with Gasteiger partial charge in [0, 0.05) is 18.4 Å². The molecule has 5 heteroatoms. The molecule has 0 aliphatic rings. The van der Waals surface area contributed by atoms with Gasteiger partial charge in [-0.15, -0.1) is 0 Å². The second-order valence-electron chi connectivity index (χ2n) is 4.94. The Bertz CT molecular complexity index is 422. The normalized spacial score (nSPS) is 10.7. The van der Waals surface area contributed by atoms with E-state index in [4.69, 9.17) is 0 Å². The standard InChI is InChI=1S/C14H22N2O2S/c1-4-7-15-13-6-5-12(8-14(13)16(17)18)10-19-9-11(2)3/h5-6,8,11,15H,4,7,9-10H2,1-3H3. The number of nitro groups is 1. The highest BCUT2D eigenvalue weighted by molar-refractivity contribution is 7.98. The molecule has 0 amide bonds. The summed E-state index contributed by atoms with van der Waals surface area (Å²) in [6, 6.07) is 5.47. The molecule has 0 aliphatic heterocycles. The molecule has 19 heavy (non-hydrogen) atoms. The van der Waals surface area contributed by atoms with Gasteiger partial charge >= 0.3 is 0 Å². The predicted molar refractivity (Wildman–Crippen MR) is 82.9 cm³/mol. The molecule has 1 aromatic rings. The Labute approximate surface area is 119 Å². The molecule has 1 aromatic carbocycles. The number of anilines is 1. The van der Waals surface area contributed by atoms with Crippen molar-refractivity contribution < 1.29 is 4.92 Å². The fraction of sp³-hybridized carbons (Fsp3) is 0.571. The van der Waals surface area contributed by atoms with E-state index < -0.39 is 0 Å². The quantitative estimate of drug-likeness (QED) is 0.570. The van der Waals surface area contributed by atoms with Crippen LogP contribution in [0.15, 0.2) is 18.2 Å². The molecule has 0 radical (unpaired) electrons. The van der Waals surface area contributed by atoms with Crippen LogP contribution in [0, 0.1) is 16.0 Å². The Morgan fingerprint density at radius 1 is 1.42 bits per heavy atom. The maximum atomic E-state index is 11.1. The first-order chi connectivity index (χ1) is 9.04. The zero-order valence-corrected chi connectivity index (χ0v) is 12.6. The van der Waals surface area contributed by atoms with Crippen LogP contribution < -0.4 is 5.32 Å². The van der Waals surface area contributed by atoms with Crippen molar-refractivity contribution in [2.75, 3.05) is 17.6 Å². The lowest BCUT2D eigenvalue weighted by atomic mass is 10.2. The summed E-state index contributed by atoms with van der Waals surface area (Å²) in [5, 5.41) is 14.2. The Balaban J connectivity index is 2.75. The van der Waals surface area contributed by atoms with Gasteiger partial charge in [0.05, 0.1) is 4.92 Å². The summed E-state index contributed by atoms with van der Waals surface area (Å²) in [6.45, 7) is 7.14. The van der Waals surface area contributed by atoms with Crippen molar-refractivity contribution in [1.29, 1.82) is 0 Å². The Kier molecular flexibility index (Phi) is 6.70. The van der Waals surface area contributed by atoms with Gasteiger partial charge in [-0.3, -0.25) is 10.1 Å². The van der Waals surface area contributed by atoms with E-state index in [-0.39, 0.29) is 10.6 Å². The number of benzene rings is 1. The van der Waals surface area contributed by atoms with E-state index in [0.29, 0.717) is 11.6 Å². The molecule has 0 saturated carbocycles. The number of rotatable bonds is 8. The van der Waals surface area contributed by atoms with Crippen molar-refractivity contribution in [3.05, 3.63) is 33.9 Å². The summed E-state index contributed by atoms with van der Waals surface area (Å²) in [6.07, 6.45) is 0.948. The minimum absolute atomic E-state index is 0.177. The van der Waals surface area contributed by atoms with Gasteiger partial charge < -0.3 is 5.32 Å². The van der Waals surface area contributed by atoms with Crippen molar-refractivity contribution in [3.63, 3.8) is 0 Å². The van der Waals surface area contributed by atoms with Gasteiger partial charge in [-0.05, 0) is 29.7 Å². The molecule has 4 nitrogen and oxygen atoms in total. The first-order valence-electron chi connectivity index (χ1n) is 6.63. The molecule has 0 heterocycles. The summed E-state index contributed by atoms with van der Waals surface area (Å²) < 4.78 is 0. The van der Waals surface area contributed by atoms with E-state index in [1.165, 1.54) is 0 Å². The van der Waals surface area contributed by atoms with Crippen molar-refractivity contribution in [2.24, 2.45) is 5.92 Å². The number of nitrogens with zero attached hydrogens (tertiary/aromatic N) is 1. The number of hydrogen-bond acceptors (Lipinski definition) is 4. The SMILES string of the molecule is CCCNc1ccc(CSCC(C)C)cc1[N+](=O)[O-]. The van der Waals surface area contributed by atoms with Crippen LogP contribution in [0.3, 0.4) is 0 Å². The summed E-state index contributed by atoms with van der Waals surface area (Å²) in [5.74, 6) is 2.54. The minimum Gasteiger partial charge on any atom is -0.380 e. The van der Waals surface area contributed by atoms with Gasteiger partial charge in [0.25, 0.3) is 5.69 Å². The van der Waals surface area contributed by atoms with Crippen LogP contribution in [0.2, 0.25) is 0 Å². The maximum absolute atomic E-state index is 11.1. The lowest BCUT2D eigenvalue weighted by Crippen LogP contribution is -2.03. The Morgan fingerprint density at radius 2 is 2.16 bits per heavy atom. The van der Waals surface area contributed by atoms with Crippen LogP contribution in [0.5, 0.6) is 0 Å². The van der Waals surface area contributed by atoms with Crippen molar-refractivity contribution in [3.8, 4) is 0 Å². The van der Waals surface area contributed by atoms with Gasteiger partial charge in [-0.25, -0.2) is 0 Å². The predicted octanol–water partition coefficient (Wildman–Crippen LogP) is 4.31. The second kappa shape index (κ2) is 8.04. The molecule has 0 saturated heterocycles. The summed E-state index contributed by atoms with van der Waals surface area (Å²) in [7, 11) is 0. The van der Waals surface area contributed by atoms with Crippen LogP contribution in [0.4, 0.5) is 11.4 Å². The summed E-state index contributed by atoms with van der Waals surface area (Å²) >= 11 is 1.82. The summed E-state index contributed by atoms with van der Waals surface area (Å²) in [5.41, 5.74) is 1.81. The molecule has 0 aliphatic carbocycles. The van der Waals surface area contributed by atoms with E-state index in [1.54, 1.807) is 6.07 Å². The molecule has 1 rings (SSSR count). The summed E-state index contributed by atoms with van der Waals surface area (Å²) in [4.78, 5) is 10.8. The van der Waals surface area contributed by atoms with Crippen LogP contribution in [0.1, 0.15) is 32.8 Å². The molecule has 0 fully saturated rings. The Hall–Kier alpha value is -1.23. The third-order valence-electron chi connectivity index (χ3n) is 2.54. The van der Waals surface area contributed by atoms with E-state index in [0.717, 1.165) is 30.0 Å². The molecular weight excluding hydrogens is 260 g/mol. The molecule has 0 aromatic heterocycles.